The molecular formula is C14H15N3O3S. The molecule has 1 fully saturated rings. The minimum Gasteiger partial charge on any atom is -0.344 e. The first-order chi connectivity index (χ1) is 10.0. The van der Waals surface area contributed by atoms with Gasteiger partial charge in [0.2, 0.25) is 17.7 Å². The van der Waals surface area contributed by atoms with Crippen LogP contribution in [0.5, 0.6) is 0 Å². The van der Waals surface area contributed by atoms with E-state index in [-0.39, 0.29) is 23.0 Å². The van der Waals surface area contributed by atoms with Gasteiger partial charge >= 0.3 is 0 Å². The van der Waals surface area contributed by atoms with Gasteiger partial charge in [0.1, 0.15) is 6.04 Å². The Balaban J connectivity index is 1.72. The first-order valence-electron chi connectivity index (χ1n) is 6.75. The minimum atomic E-state index is -0.475. The lowest BCUT2D eigenvalue weighted by atomic mass is 10.2. The second-order valence-corrected chi connectivity index (χ2v) is 6.49. The van der Waals surface area contributed by atoms with E-state index < -0.39 is 6.04 Å². The van der Waals surface area contributed by atoms with Crippen LogP contribution in [0.1, 0.15) is 19.8 Å². The summed E-state index contributed by atoms with van der Waals surface area (Å²) >= 11 is 1.49. The van der Waals surface area contributed by atoms with E-state index in [1.165, 1.54) is 11.8 Å². The van der Waals surface area contributed by atoms with Crippen LogP contribution in [0.3, 0.4) is 0 Å². The molecule has 0 aliphatic carbocycles. The Morgan fingerprint density at radius 2 is 2.19 bits per heavy atom. The molecule has 3 rings (SSSR count). The summed E-state index contributed by atoms with van der Waals surface area (Å²) in [5.74, 6) is -0.374. The van der Waals surface area contributed by atoms with Crippen LogP contribution < -0.4 is 16.0 Å². The Bertz CT molecular complexity index is 632. The van der Waals surface area contributed by atoms with Crippen molar-refractivity contribution in [3.05, 3.63) is 18.2 Å². The third-order valence-corrected chi connectivity index (χ3v) is 4.67. The van der Waals surface area contributed by atoms with Gasteiger partial charge in [-0.3, -0.25) is 14.4 Å². The van der Waals surface area contributed by atoms with Crippen LogP contribution in [0.25, 0.3) is 0 Å². The maximum atomic E-state index is 12.0. The average molecular weight is 305 g/mol. The number of thioether (sulfide) groups is 1. The highest BCUT2D eigenvalue weighted by Crippen LogP contribution is 2.37. The number of rotatable bonds is 2. The summed E-state index contributed by atoms with van der Waals surface area (Å²) in [7, 11) is 0. The molecule has 3 N–H and O–H groups in total. The molecule has 2 aliphatic rings. The van der Waals surface area contributed by atoms with Gasteiger partial charge in [0.05, 0.1) is 10.9 Å². The smallest absolute Gasteiger partial charge is 0.246 e. The third-order valence-electron chi connectivity index (χ3n) is 3.49. The summed E-state index contributed by atoms with van der Waals surface area (Å²) in [6.45, 7) is 1.85. The van der Waals surface area contributed by atoms with E-state index >= 15 is 0 Å². The summed E-state index contributed by atoms with van der Waals surface area (Å²) in [5, 5.41) is 8.09. The second-order valence-electron chi connectivity index (χ2n) is 5.11. The summed E-state index contributed by atoms with van der Waals surface area (Å²) in [5.41, 5.74) is 1.31. The van der Waals surface area contributed by atoms with Crippen molar-refractivity contribution in [2.75, 3.05) is 10.6 Å². The van der Waals surface area contributed by atoms with Crippen LogP contribution in [0.2, 0.25) is 0 Å². The van der Waals surface area contributed by atoms with Gasteiger partial charge in [-0.05, 0) is 31.5 Å². The van der Waals surface area contributed by atoms with E-state index in [4.69, 9.17) is 0 Å². The van der Waals surface area contributed by atoms with Crippen molar-refractivity contribution in [2.45, 2.75) is 36.0 Å². The van der Waals surface area contributed by atoms with Crippen LogP contribution in [-0.2, 0) is 14.4 Å². The molecule has 1 aromatic rings. The van der Waals surface area contributed by atoms with Crippen LogP contribution in [-0.4, -0.2) is 29.0 Å². The van der Waals surface area contributed by atoms with E-state index in [1.54, 1.807) is 12.1 Å². The van der Waals surface area contributed by atoms with Gasteiger partial charge in [0.25, 0.3) is 0 Å². The normalized spacial score (nSPS) is 24.0. The standard InChI is InChI=1S/C14H15N3O3S/c1-7-13(19)17-10-6-8(2-4-11(10)21-7)15-14(20)9-3-5-12(18)16-9/h2,4,6-7,9H,3,5H2,1H3,(H,15,20)(H,16,18)(H,17,19). The Labute approximate surface area is 126 Å². The maximum absolute atomic E-state index is 12.0. The number of hydrogen-bond acceptors (Lipinski definition) is 4. The van der Waals surface area contributed by atoms with Crippen LogP contribution >= 0.6 is 11.8 Å². The van der Waals surface area contributed by atoms with Crippen molar-refractivity contribution in [1.29, 1.82) is 0 Å². The van der Waals surface area contributed by atoms with Gasteiger partial charge in [-0.25, -0.2) is 0 Å². The number of amides is 3. The van der Waals surface area contributed by atoms with E-state index in [2.05, 4.69) is 16.0 Å². The predicted octanol–water partition coefficient (Wildman–Crippen LogP) is 1.34. The van der Waals surface area contributed by atoms with Crippen molar-refractivity contribution < 1.29 is 14.4 Å². The lowest BCUT2D eigenvalue weighted by Gasteiger charge is -2.22. The van der Waals surface area contributed by atoms with E-state index in [0.29, 0.717) is 24.2 Å². The number of carbonyl (C=O) groups is 3. The summed E-state index contributed by atoms with van der Waals surface area (Å²) in [4.78, 5) is 35.8. The Kier molecular flexibility index (Phi) is 3.59. The zero-order chi connectivity index (χ0) is 15.0. The summed E-state index contributed by atoms with van der Waals surface area (Å²) < 4.78 is 0. The van der Waals surface area contributed by atoms with E-state index in [0.717, 1.165) is 4.90 Å². The molecule has 7 heteroatoms. The highest BCUT2D eigenvalue weighted by atomic mass is 32.2. The molecule has 2 aliphatic heterocycles. The molecule has 2 unspecified atom stereocenters. The molecule has 0 spiro atoms. The minimum absolute atomic E-state index is 0.0426. The van der Waals surface area contributed by atoms with Crippen LogP contribution in [0.15, 0.2) is 23.1 Å². The Hall–Kier alpha value is -2.02. The summed E-state index contributed by atoms with van der Waals surface area (Å²) in [6.07, 6.45) is 0.895. The maximum Gasteiger partial charge on any atom is 0.246 e. The highest BCUT2D eigenvalue weighted by molar-refractivity contribution is 8.00. The molecule has 3 amide bonds. The van der Waals surface area contributed by atoms with Gasteiger partial charge in [-0.2, -0.15) is 0 Å². The quantitative estimate of drug-likeness (QED) is 0.769. The lowest BCUT2D eigenvalue weighted by Crippen LogP contribution is -2.37. The average Bonchev–Trinajstić information content (AvgIpc) is 2.87. The first-order valence-corrected chi connectivity index (χ1v) is 7.63. The van der Waals surface area contributed by atoms with Gasteiger partial charge in [-0.1, -0.05) is 0 Å². The molecular weight excluding hydrogens is 290 g/mol. The molecule has 0 bridgehead atoms. The Morgan fingerprint density at radius 3 is 2.90 bits per heavy atom. The van der Waals surface area contributed by atoms with Gasteiger partial charge < -0.3 is 16.0 Å². The first kappa shape index (κ1) is 13.9. The van der Waals surface area contributed by atoms with Gasteiger partial charge in [-0.15, -0.1) is 11.8 Å². The number of hydrogen-bond donors (Lipinski definition) is 3. The molecule has 6 nitrogen and oxygen atoms in total. The molecule has 2 heterocycles. The van der Waals surface area contributed by atoms with Crippen molar-refractivity contribution >= 4 is 40.9 Å². The zero-order valence-electron chi connectivity index (χ0n) is 11.4. The Morgan fingerprint density at radius 1 is 1.38 bits per heavy atom. The number of fused-ring (bicyclic) bond motifs is 1. The largest absolute Gasteiger partial charge is 0.344 e. The topological polar surface area (TPSA) is 87.3 Å². The third kappa shape index (κ3) is 2.87. The van der Waals surface area contributed by atoms with Crippen molar-refractivity contribution in [1.82, 2.24) is 5.32 Å². The van der Waals surface area contributed by atoms with Crippen LogP contribution in [0.4, 0.5) is 11.4 Å². The fourth-order valence-corrected chi connectivity index (χ4v) is 3.26. The number of benzene rings is 1. The fourth-order valence-electron chi connectivity index (χ4n) is 2.33. The highest BCUT2D eigenvalue weighted by Gasteiger charge is 2.28. The fraction of sp³-hybridized carbons (Fsp3) is 0.357. The summed E-state index contributed by atoms with van der Waals surface area (Å²) in [6, 6.07) is 4.93. The van der Waals surface area contributed by atoms with Crippen molar-refractivity contribution in [2.24, 2.45) is 0 Å². The monoisotopic (exact) mass is 305 g/mol. The van der Waals surface area contributed by atoms with Crippen LogP contribution in [0, 0.1) is 0 Å². The molecule has 1 aromatic carbocycles. The number of anilines is 2. The van der Waals surface area contributed by atoms with Gasteiger partial charge in [0, 0.05) is 17.0 Å². The molecule has 21 heavy (non-hydrogen) atoms. The zero-order valence-corrected chi connectivity index (χ0v) is 12.3. The van der Waals surface area contributed by atoms with E-state index in [1.807, 2.05) is 13.0 Å². The molecule has 2 atom stereocenters. The molecule has 1 saturated heterocycles. The van der Waals surface area contributed by atoms with Gasteiger partial charge in [0.15, 0.2) is 0 Å². The number of carbonyl (C=O) groups excluding carboxylic acids is 3. The van der Waals surface area contributed by atoms with Crippen molar-refractivity contribution in [3.63, 3.8) is 0 Å². The molecule has 0 saturated carbocycles. The molecule has 0 aromatic heterocycles. The molecule has 110 valence electrons. The molecule has 0 radical (unpaired) electrons. The number of nitrogens with one attached hydrogen (secondary N) is 3. The van der Waals surface area contributed by atoms with E-state index in [9.17, 15) is 14.4 Å². The SMILES string of the molecule is CC1Sc2ccc(NC(=O)C3CCC(=O)N3)cc2NC1=O. The predicted molar refractivity (Wildman–Crippen MR) is 80.2 cm³/mol. The lowest BCUT2D eigenvalue weighted by molar-refractivity contribution is -0.122. The second kappa shape index (κ2) is 5.40. The van der Waals surface area contributed by atoms with Crippen molar-refractivity contribution in [3.8, 4) is 0 Å².